The van der Waals surface area contributed by atoms with E-state index in [1.165, 1.54) is 4.31 Å². The molecule has 2 aromatic rings. The van der Waals surface area contributed by atoms with Crippen molar-refractivity contribution in [1.29, 1.82) is 0 Å². The number of rotatable bonds is 4. The van der Waals surface area contributed by atoms with Crippen LogP contribution in [0.15, 0.2) is 53.4 Å². The summed E-state index contributed by atoms with van der Waals surface area (Å²) < 4.78 is 29.3. The molecule has 2 aromatic carbocycles. The highest BCUT2D eigenvalue weighted by Gasteiger charge is 2.68. The van der Waals surface area contributed by atoms with Crippen LogP contribution >= 0.6 is 0 Å². The van der Waals surface area contributed by atoms with Gasteiger partial charge in [-0.1, -0.05) is 45.0 Å². The van der Waals surface area contributed by atoms with Crippen LogP contribution < -0.4 is 4.31 Å². The predicted molar refractivity (Wildman–Crippen MR) is 116 cm³/mol. The number of hydrogen-bond donors (Lipinski definition) is 1. The van der Waals surface area contributed by atoms with Crippen molar-refractivity contribution in [3.05, 3.63) is 59.7 Å². The molecule has 156 valence electrons. The molecule has 29 heavy (non-hydrogen) atoms. The summed E-state index contributed by atoms with van der Waals surface area (Å²) in [5, 5.41) is 11.4. The molecule has 0 aliphatic heterocycles. The maximum Gasteiger partial charge on any atom is 0.264 e. The lowest BCUT2D eigenvalue weighted by Crippen LogP contribution is -2.52. The van der Waals surface area contributed by atoms with Gasteiger partial charge in [-0.05, 0) is 73.4 Å². The molecule has 2 aliphatic rings. The van der Waals surface area contributed by atoms with Gasteiger partial charge in [-0.15, -0.1) is 0 Å². The molecular weight excluding hydrogens is 382 g/mol. The van der Waals surface area contributed by atoms with Gasteiger partial charge in [-0.25, -0.2) is 8.42 Å². The zero-order chi connectivity index (χ0) is 21.2. The molecule has 2 aliphatic carbocycles. The Kier molecular flexibility index (Phi) is 4.63. The van der Waals surface area contributed by atoms with E-state index < -0.39 is 22.2 Å². The SMILES string of the molecule is Cc1cc(C)cc(N([C@@H]2C3CCC(C)([C@@H]2O)C3(C)C)S(=O)(=O)c2ccccc2)c1. The van der Waals surface area contributed by atoms with Gasteiger partial charge >= 0.3 is 0 Å². The number of aliphatic hydroxyl groups excluding tert-OH is 1. The quantitative estimate of drug-likeness (QED) is 0.791. The molecule has 2 saturated carbocycles. The second-order valence-electron chi connectivity index (χ2n) is 9.68. The molecule has 4 rings (SSSR count). The fourth-order valence-corrected chi connectivity index (χ4v) is 7.53. The molecule has 4 nitrogen and oxygen atoms in total. The smallest absolute Gasteiger partial charge is 0.264 e. The van der Waals surface area contributed by atoms with Crippen molar-refractivity contribution < 1.29 is 13.5 Å². The van der Waals surface area contributed by atoms with Crippen LogP contribution in [0.2, 0.25) is 0 Å². The zero-order valence-electron chi connectivity index (χ0n) is 17.9. The second-order valence-corrected chi connectivity index (χ2v) is 11.5. The number of aliphatic hydroxyl groups is 1. The third-order valence-electron chi connectivity index (χ3n) is 7.79. The van der Waals surface area contributed by atoms with Gasteiger partial charge in [0.2, 0.25) is 0 Å². The number of fused-ring (bicyclic) bond motifs is 2. The minimum Gasteiger partial charge on any atom is -0.390 e. The molecule has 0 saturated heterocycles. The van der Waals surface area contributed by atoms with Crippen molar-refractivity contribution >= 4 is 15.7 Å². The summed E-state index contributed by atoms with van der Waals surface area (Å²) >= 11 is 0. The molecule has 0 heterocycles. The summed E-state index contributed by atoms with van der Waals surface area (Å²) in [4.78, 5) is 0.261. The molecule has 2 fully saturated rings. The van der Waals surface area contributed by atoms with Crippen molar-refractivity contribution in [1.82, 2.24) is 0 Å². The van der Waals surface area contributed by atoms with Gasteiger partial charge in [0, 0.05) is 5.41 Å². The van der Waals surface area contributed by atoms with E-state index in [-0.39, 0.29) is 21.6 Å². The number of aryl methyl sites for hydroxylation is 2. The van der Waals surface area contributed by atoms with E-state index in [1.807, 2.05) is 38.1 Å². The van der Waals surface area contributed by atoms with Crippen LogP contribution in [0.3, 0.4) is 0 Å². The highest BCUT2D eigenvalue weighted by molar-refractivity contribution is 7.92. The van der Waals surface area contributed by atoms with E-state index in [2.05, 4.69) is 20.8 Å². The summed E-state index contributed by atoms with van der Waals surface area (Å²) in [5.74, 6) is 0.0989. The molecule has 2 unspecified atom stereocenters. The van der Waals surface area contributed by atoms with E-state index >= 15 is 0 Å². The molecule has 5 heteroatoms. The summed E-state index contributed by atoms with van der Waals surface area (Å²) in [6.45, 7) is 10.4. The van der Waals surface area contributed by atoms with Crippen molar-refractivity contribution in [2.45, 2.75) is 64.5 Å². The minimum absolute atomic E-state index is 0.0989. The normalized spacial score (nSPS) is 30.5. The van der Waals surface area contributed by atoms with Gasteiger partial charge in [-0.3, -0.25) is 4.31 Å². The van der Waals surface area contributed by atoms with E-state index in [0.29, 0.717) is 5.69 Å². The van der Waals surface area contributed by atoms with E-state index in [4.69, 9.17) is 0 Å². The average Bonchev–Trinajstić information content (AvgIpc) is 2.95. The summed E-state index contributed by atoms with van der Waals surface area (Å²) in [5.41, 5.74) is 2.22. The largest absolute Gasteiger partial charge is 0.390 e. The van der Waals surface area contributed by atoms with Crippen LogP contribution in [0, 0.1) is 30.6 Å². The number of anilines is 1. The van der Waals surface area contributed by atoms with E-state index in [0.717, 1.165) is 24.0 Å². The Labute approximate surface area is 174 Å². The molecule has 4 atom stereocenters. The third kappa shape index (κ3) is 2.85. The molecule has 0 radical (unpaired) electrons. The van der Waals surface area contributed by atoms with Crippen LogP contribution in [-0.2, 0) is 10.0 Å². The number of nitrogens with zero attached hydrogens (tertiary/aromatic N) is 1. The first-order chi connectivity index (χ1) is 13.5. The summed E-state index contributed by atoms with van der Waals surface area (Å²) in [7, 11) is -3.83. The van der Waals surface area contributed by atoms with Crippen LogP contribution in [-0.4, -0.2) is 25.7 Å². The monoisotopic (exact) mass is 413 g/mol. The highest BCUT2D eigenvalue weighted by atomic mass is 32.2. The molecule has 1 N–H and O–H groups in total. The average molecular weight is 414 g/mol. The Hall–Kier alpha value is -1.85. The van der Waals surface area contributed by atoms with Gasteiger partial charge in [0.1, 0.15) is 0 Å². The van der Waals surface area contributed by atoms with E-state index in [9.17, 15) is 13.5 Å². The molecule has 0 spiro atoms. The lowest BCUT2D eigenvalue weighted by atomic mass is 9.70. The fourth-order valence-electron chi connectivity index (χ4n) is 5.83. The summed E-state index contributed by atoms with van der Waals surface area (Å²) in [6.07, 6.45) is 1.14. The van der Waals surface area contributed by atoms with Crippen molar-refractivity contribution in [2.24, 2.45) is 16.7 Å². The first-order valence-electron chi connectivity index (χ1n) is 10.4. The van der Waals surface area contributed by atoms with Crippen LogP contribution in [0.25, 0.3) is 0 Å². The molecular formula is C24H31NO3S. The Morgan fingerprint density at radius 1 is 1.00 bits per heavy atom. The van der Waals surface area contributed by atoms with Gasteiger partial charge in [0.05, 0.1) is 22.7 Å². The van der Waals surface area contributed by atoms with Crippen molar-refractivity contribution in [3.8, 4) is 0 Å². The number of hydrogen-bond acceptors (Lipinski definition) is 3. The Morgan fingerprint density at radius 3 is 2.10 bits per heavy atom. The Morgan fingerprint density at radius 2 is 1.59 bits per heavy atom. The van der Waals surface area contributed by atoms with Gasteiger partial charge in [0.15, 0.2) is 0 Å². The highest BCUT2D eigenvalue weighted by Crippen LogP contribution is 2.67. The number of sulfonamides is 1. The lowest BCUT2D eigenvalue weighted by Gasteiger charge is -2.40. The van der Waals surface area contributed by atoms with Gasteiger partial charge < -0.3 is 5.11 Å². The fraction of sp³-hybridized carbons (Fsp3) is 0.500. The first kappa shape index (κ1) is 20.4. The van der Waals surface area contributed by atoms with Gasteiger partial charge in [0.25, 0.3) is 10.0 Å². The predicted octanol–water partition coefficient (Wildman–Crippen LogP) is 4.68. The second kappa shape index (κ2) is 6.58. The summed E-state index contributed by atoms with van der Waals surface area (Å²) in [6, 6.07) is 14.0. The maximum absolute atomic E-state index is 13.9. The molecule has 2 bridgehead atoms. The third-order valence-corrected chi connectivity index (χ3v) is 9.63. The van der Waals surface area contributed by atoms with Crippen LogP contribution in [0.4, 0.5) is 5.69 Å². The minimum atomic E-state index is -3.83. The standard InChI is InChI=1S/C24H31NO3S/c1-16-13-17(2)15-18(14-16)25(29(27,28)19-9-7-6-8-10-19)21-20-11-12-24(5,22(21)26)23(20,3)4/h6-10,13-15,20-22,26H,11-12H2,1-5H3/t20?,21-,22-,24?/m1/s1. The van der Waals surface area contributed by atoms with Crippen molar-refractivity contribution in [3.63, 3.8) is 0 Å². The molecule has 0 aromatic heterocycles. The van der Waals surface area contributed by atoms with Crippen molar-refractivity contribution in [2.75, 3.05) is 4.31 Å². The Bertz CT molecular complexity index is 1010. The van der Waals surface area contributed by atoms with Gasteiger partial charge in [-0.2, -0.15) is 0 Å². The van der Waals surface area contributed by atoms with Crippen LogP contribution in [0.5, 0.6) is 0 Å². The Balaban J connectivity index is 1.93. The topological polar surface area (TPSA) is 57.6 Å². The lowest BCUT2D eigenvalue weighted by molar-refractivity contribution is 0.00654. The maximum atomic E-state index is 13.9. The first-order valence-corrected chi connectivity index (χ1v) is 11.8. The van der Waals surface area contributed by atoms with Crippen LogP contribution in [0.1, 0.15) is 44.7 Å². The number of benzene rings is 2. The van der Waals surface area contributed by atoms with E-state index in [1.54, 1.807) is 24.3 Å². The molecule has 0 amide bonds. The zero-order valence-corrected chi connectivity index (χ0v) is 18.7.